The van der Waals surface area contributed by atoms with Crippen LogP contribution in [-0.2, 0) is 9.53 Å². The molecule has 1 rings (SSSR count). The van der Waals surface area contributed by atoms with Crippen molar-refractivity contribution < 1.29 is 27.4 Å². The number of hydrogen-bond acceptors (Lipinski definition) is 4. The van der Waals surface area contributed by atoms with Crippen molar-refractivity contribution in [3.8, 4) is 11.8 Å². The fraction of sp³-hybridized carbons (Fsp3) is 0.231. The summed E-state index contributed by atoms with van der Waals surface area (Å²) in [4.78, 5) is 11.3. The van der Waals surface area contributed by atoms with Crippen LogP contribution in [0.5, 0.6) is 5.75 Å². The number of carbonyl (C=O) groups excluding carboxylic acids is 1. The van der Waals surface area contributed by atoms with Gasteiger partial charge in [-0.25, -0.2) is 4.79 Å². The van der Waals surface area contributed by atoms with Crippen molar-refractivity contribution in [2.24, 2.45) is 0 Å². The van der Waals surface area contributed by atoms with E-state index in [1.54, 1.807) is 13.0 Å². The normalized spacial score (nSPS) is 11.7. The van der Waals surface area contributed by atoms with Crippen molar-refractivity contribution in [3.05, 3.63) is 35.4 Å². The highest BCUT2D eigenvalue weighted by molar-refractivity contribution is 5.97. The summed E-state index contributed by atoms with van der Waals surface area (Å²) in [6, 6.07) is 6.41. The average Bonchev–Trinajstić information content (AvgIpc) is 2.36. The number of nitrogens with zero attached hydrogens (tertiary/aromatic N) is 1. The summed E-state index contributed by atoms with van der Waals surface area (Å²) < 4.78 is 44.2. The molecule has 0 fully saturated rings. The Hall–Kier alpha value is -2.49. The van der Waals surface area contributed by atoms with Crippen molar-refractivity contribution in [1.29, 1.82) is 5.26 Å². The highest BCUT2D eigenvalue weighted by Gasteiger charge is 2.30. The predicted octanol–water partition coefficient (Wildman–Crippen LogP) is 3.06. The second kappa shape index (κ2) is 6.61. The van der Waals surface area contributed by atoms with E-state index in [2.05, 4.69) is 9.47 Å². The fourth-order valence-corrected chi connectivity index (χ4v) is 1.28. The van der Waals surface area contributed by atoms with Crippen LogP contribution in [-0.4, -0.2) is 18.9 Å². The molecule has 0 amide bonds. The van der Waals surface area contributed by atoms with Gasteiger partial charge in [-0.3, -0.25) is 0 Å². The van der Waals surface area contributed by atoms with Crippen molar-refractivity contribution in [3.63, 3.8) is 0 Å². The number of benzene rings is 1. The highest BCUT2D eigenvalue weighted by Crippen LogP contribution is 2.23. The summed E-state index contributed by atoms with van der Waals surface area (Å²) in [6.07, 6.45) is -3.55. The van der Waals surface area contributed by atoms with Gasteiger partial charge in [0.25, 0.3) is 0 Å². The first kappa shape index (κ1) is 15.6. The van der Waals surface area contributed by atoms with Crippen molar-refractivity contribution in [1.82, 2.24) is 0 Å². The lowest BCUT2D eigenvalue weighted by Crippen LogP contribution is -2.16. The van der Waals surface area contributed by atoms with Crippen LogP contribution in [0.25, 0.3) is 6.08 Å². The van der Waals surface area contributed by atoms with Crippen molar-refractivity contribution in [2.75, 3.05) is 6.61 Å². The lowest BCUT2D eigenvalue weighted by Gasteiger charge is -2.08. The van der Waals surface area contributed by atoms with E-state index < -0.39 is 12.3 Å². The molecule has 0 aromatic heterocycles. The van der Waals surface area contributed by atoms with Crippen LogP contribution in [0.4, 0.5) is 13.2 Å². The second-order valence-electron chi connectivity index (χ2n) is 3.51. The van der Waals surface area contributed by atoms with Gasteiger partial charge in [-0.2, -0.15) is 5.26 Å². The summed E-state index contributed by atoms with van der Waals surface area (Å²) in [5.41, 5.74) is 0.139. The third-order valence-electron chi connectivity index (χ3n) is 2.04. The molecule has 7 heteroatoms. The SMILES string of the molecule is CCOC(=O)/C(C#N)=C\c1ccc(OC(F)(F)F)cc1. The standard InChI is InChI=1S/C13H10F3NO3/c1-2-19-12(18)10(8-17)7-9-3-5-11(6-4-9)20-13(14,15)16/h3-7H,2H2,1H3/b10-7-. The Balaban J connectivity index is 2.88. The maximum atomic E-state index is 12.0. The molecule has 0 saturated heterocycles. The lowest BCUT2D eigenvalue weighted by molar-refractivity contribution is -0.274. The topological polar surface area (TPSA) is 59.3 Å². The van der Waals surface area contributed by atoms with Crippen molar-refractivity contribution >= 4 is 12.0 Å². The van der Waals surface area contributed by atoms with E-state index in [9.17, 15) is 18.0 Å². The minimum atomic E-state index is -4.76. The Morgan fingerprint density at radius 3 is 2.40 bits per heavy atom. The molecule has 106 valence electrons. The quantitative estimate of drug-likeness (QED) is 0.484. The van der Waals surface area contributed by atoms with E-state index in [-0.39, 0.29) is 17.9 Å². The number of carbonyl (C=O) groups is 1. The monoisotopic (exact) mass is 285 g/mol. The fourth-order valence-electron chi connectivity index (χ4n) is 1.28. The predicted molar refractivity (Wildman–Crippen MR) is 63.3 cm³/mol. The number of alkyl halides is 3. The first-order valence-corrected chi connectivity index (χ1v) is 5.50. The Labute approximate surface area is 113 Å². The third kappa shape index (κ3) is 5.02. The van der Waals surface area contributed by atoms with Gasteiger partial charge in [0.15, 0.2) is 0 Å². The molecule has 1 aromatic rings. The Kier molecular flexibility index (Phi) is 5.15. The summed E-state index contributed by atoms with van der Waals surface area (Å²) >= 11 is 0. The van der Waals surface area contributed by atoms with Gasteiger partial charge >= 0.3 is 12.3 Å². The maximum absolute atomic E-state index is 12.0. The number of halogens is 3. The van der Waals surface area contributed by atoms with Crippen LogP contribution in [0.1, 0.15) is 12.5 Å². The average molecular weight is 285 g/mol. The summed E-state index contributed by atoms with van der Waals surface area (Å²) in [5, 5.41) is 8.80. The zero-order chi connectivity index (χ0) is 15.2. The summed E-state index contributed by atoms with van der Waals surface area (Å²) in [7, 11) is 0. The van der Waals surface area contributed by atoms with Crippen LogP contribution in [0.2, 0.25) is 0 Å². The number of hydrogen-bond donors (Lipinski definition) is 0. The Morgan fingerprint density at radius 1 is 1.35 bits per heavy atom. The first-order chi connectivity index (χ1) is 9.35. The largest absolute Gasteiger partial charge is 0.573 e. The van der Waals surface area contributed by atoms with Gasteiger partial charge in [0, 0.05) is 0 Å². The zero-order valence-corrected chi connectivity index (χ0v) is 10.4. The molecule has 0 unspecified atom stereocenters. The molecule has 0 aliphatic heterocycles. The van der Waals surface area contributed by atoms with E-state index in [1.807, 2.05) is 0 Å². The molecule has 0 heterocycles. The Morgan fingerprint density at radius 2 is 1.95 bits per heavy atom. The molecule has 0 aliphatic rings. The van der Waals surface area contributed by atoms with Gasteiger partial charge in [-0.15, -0.1) is 13.2 Å². The second-order valence-corrected chi connectivity index (χ2v) is 3.51. The number of rotatable bonds is 4. The van der Waals surface area contributed by atoms with Gasteiger partial charge in [0.1, 0.15) is 17.4 Å². The molecule has 0 bridgehead atoms. The zero-order valence-electron chi connectivity index (χ0n) is 10.4. The van der Waals surface area contributed by atoms with E-state index >= 15 is 0 Å². The van der Waals surface area contributed by atoms with Crippen LogP contribution in [0.3, 0.4) is 0 Å². The maximum Gasteiger partial charge on any atom is 0.573 e. The molecule has 0 saturated carbocycles. The molecule has 4 nitrogen and oxygen atoms in total. The molecule has 0 aliphatic carbocycles. The molecule has 0 radical (unpaired) electrons. The molecule has 1 aromatic carbocycles. The number of ether oxygens (including phenoxy) is 2. The van der Waals surface area contributed by atoms with Gasteiger partial charge in [0.2, 0.25) is 0 Å². The van der Waals surface area contributed by atoms with Gasteiger partial charge in [-0.1, -0.05) is 12.1 Å². The van der Waals surface area contributed by atoms with Gasteiger partial charge in [-0.05, 0) is 30.7 Å². The molecule has 20 heavy (non-hydrogen) atoms. The smallest absolute Gasteiger partial charge is 0.462 e. The first-order valence-electron chi connectivity index (χ1n) is 5.50. The molecular formula is C13H10F3NO3. The van der Waals surface area contributed by atoms with E-state index in [1.165, 1.54) is 18.2 Å². The van der Waals surface area contributed by atoms with Crippen LogP contribution in [0, 0.1) is 11.3 Å². The highest BCUT2D eigenvalue weighted by atomic mass is 19.4. The van der Waals surface area contributed by atoms with E-state index in [0.717, 1.165) is 12.1 Å². The molecule has 0 N–H and O–H groups in total. The number of esters is 1. The molecule has 0 atom stereocenters. The van der Waals surface area contributed by atoms with Gasteiger partial charge in [0.05, 0.1) is 6.61 Å². The Bertz CT molecular complexity index is 541. The summed E-state index contributed by atoms with van der Waals surface area (Å²) in [5.74, 6) is -1.17. The minimum absolute atomic E-state index is 0.121. The molecule has 0 spiro atoms. The third-order valence-corrected chi connectivity index (χ3v) is 2.04. The van der Waals surface area contributed by atoms with E-state index in [4.69, 9.17) is 5.26 Å². The van der Waals surface area contributed by atoms with Crippen molar-refractivity contribution in [2.45, 2.75) is 13.3 Å². The van der Waals surface area contributed by atoms with Gasteiger partial charge < -0.3 is 9.47 Å². The summed E-state index contributed by atoms with van der Waals surface area (Å²) in [6.45, 7) is 1.71. The minimum Gasteiger partial charge on any atom is -0.462 e. The van der Waals surface area contributed by atoms with Crippen LogP contribution < -0.4 is 4.74 Å². The van der Waals surface area contributed by atoms with Crippen LogP contribution >= 0.6 is 0 Å². The number of nitriles is 1. The lowest BCUT2D eigenvalue weighted by atomic mass is 10.1. The van der Waals surface area contributed by atoms with Crippen LogP contribution in [0.15, 0.2) is 29.8 Å². The van der Waals surface area contributed by atoms with E-state index in [0.29, 0.717) is 5.56 Å². The molecular weight excluding hydrogens is 275 g/mol.